The minimum absolute atomic E-state index is 0.0309. The third-order valence-electron chi connectivity index (χ3n) is 3.15. The van der Waals surface area contributed by atoms with Crippen molar-refractivity contribution in [3.8, 4) is 0 Å². The van der Waals surface area contributed by atoms with Crippen molar-refractivity contribution in [3.05, 3.63) is 58.6 Å². The molecule has 0 aliphatic heterocycles. The fourth-order valence-corrected chi connectivity index (χ4v) is 3.99. The van der Waals surface area contributed by atoms with Gasteiger partial charge < -0.3 is 4.74 Å². The van der Waals surface area contributed by atoms with E-state index in [0.29, 0.717) is 5.02 Å². The molecule has 134 valence electrons. The third-order valence-corrected chi connectivity index (χ3v) is 5.48. The van der Waals surface area contributed by atoms with Gasteiger partial charge in [-0.25, -0.2) is 8.42 Å². The molecule has 5 nitrogen and oxygen atoms in total. The smallest absolute Gasteiger partial charge is 0.327 e. The molecule has 0 saturated heterocycles. The predicted octanol–water partition coefficient (Wildman–Crippen LogP) is 4.14. The molecule has 0 bridgehead atoms. The molecule has 0 aromatic heterocycles. The molecule has 0 spiro atoms. The molecule has 8 heteroatoms. The highest BCUT2D eigenvalue weighted by Crippen LogP contribution is 2.32. The summed E-state index contributed by atoms with van der Waals surface area (Å²) in [6.45, 7) is 2.84. The summed E-state index contributed by atoms with van der Waals surface area (Å²) in [5, 5.41) is 0.450. The van der Waals surface area contributed by atoms with Crippen LogP contribution in [0, 0.1) is 0 Å². The molecule has 0 heterocycles. The molecule has 2 aromatic rings. The molecule has 0 saturated carbocycles. The van der Waals surface area contributed by atoms with E-state index in [9.17, 15) is 13.2 Å². The quantitative estimate of drug-likeness (QED) is 0.682. The van der Waals surface area contributed by atoms with Gasteiger partial charge in [0.25, 0.3) is 10.0 Å². The standard InChI is InChI=1S/C17H17Cl2NO4S/c1-12(2)24-17(21)11-20(16-10-13(18)8-9-15(16)19)25(22,23)14-6-4-3-5-7-14/h3-10,12H,11H2,1-2H3. The van der Waals surface area contributed by atoms with Crippen LogP contribution in [0.15, 0.2) is 53.4 Å². The summed E-state index contributed by atoms with van der Waals surface area (Å²) in [7, 11) is -4.03. The van der Waals surface area contributed by atoms with Crippen molar-refractivity contribution in [1.82, 2.24) is 0 Å². The Morgan fingerprint density at radius 3 is 2.36 bits per heavy atom. The maximum Gasteiger partial charge on any atom is 0.327 e. The second-order valence-electron chi connectivity index (χ2n) is 5.46. The monoisotopic (exact) mass is 401 g/mol. The maximum absolute atomic E-state index is 13.0. The highest BCUT2D eigenvalue weighted by atomic mass is 35.5. The van der Waals surface area contributed by atoms with Gasteiger partial charge in [0.1, 0.15) is 6.54 Å². The Morgan fingerprint density at radius 2 is 1.76 bits per heavy atom. The van der Waals surface area contributed by atoms with Gasteiger partial charge in [-0.3, -0.25) is 9.10 Å². The molecule has 0 N–H and O–H groups in total. The first-order chi connectivity index (χ1) is 11.7. The lowest BCUT2D eigenvalue weighted by atomic mass is 10.3. The van der Waals surface area contributed by atoms with Crippen LogP contribution in [0.5, 0.6) is 0 Å². The van der Waals surface area contributed by atoms with Crippen molar-refractivity contribution in [2.75, 3.05) is 10.8 Å². The molecule has 0 atom stereocenters. The SMILES string of the molecule is CC(C)OC(=O)CN(c1cc(Cl)ccc1Cl)S(=O)(=O)c1ccccc1. The van der Waals surface area contributed by atoms with Gasteiger partial charge in [0, 0.05) is 5.02 Å². The molecule has 0 unspecified atom stereocenters. The highest BCUT2D eigenvalue weighted by molar-refractivity contribution is 7.92. The Morgan fingerprint density at radius 1 is 1.12 bits per heavy atom. The fraction of sp³-hybridized carbons (Fsp3) is 0.235. The first-order valence-electron chi connectivity index (χ1n) is 7.44. The second-order valence-corrected chi connectivity index (χ2v) is 8.17. The minimum Gasteiger partial charge on any atom is -0.462 e. The zero-order valence-electron chi connectivity index (χ0n) is 13.6. The van der Waals surface area contributed by atoms with Crippen LogP contribution in [0.25, 0.3) is 0 Å². The van der Waals surface area contributed by atoms with Gasteiger partial charge in [-0.05, 0) is 44.2 Å². The summed E-state index contributed by atoms with van der Waals surface area (Å²) in [6.07, 6.45) is -0.372. The van der Waals surface area contributed by atoms with Gasteiger partial charge in [0.2, 0.25) is 0 Å². The van der Waals surface area contributed by atoms with Crippen LogP contribution in [0.3, 0.4) is 0 Å². The largest absolute Gasteiger partial charge is 0.462 e. The van der Waals surface area contributed by atoms with E-state index < -0.39 is 22.5 Å². The molecule has 0 aliphatic rings. The van der Waals surface area contributed by atoms with Crippen molar-refractivity contribution in [2.45, 2.75) is 24.8 Å². The molecular weight excluding hydrogens is 385 g/mol. The molecule has 25 heavy (non-hydrogen) atoms. The Labute approximate surface area is 157 Å². The minimum atomic E-state index is -4.03. The van der Waals surface area contributed by atoms with Gasteiger partial charge in [-0.1, -0.05) is 41.4 Å². The first-order valence-corrected chi connectivity index (χ1v) is 9.63. The molecule has 0 amide bonds. The van der Waals surface area contributed by atoms with Gasteiger partial charge in [0.15, 0.2) is 0 Å². The van der Waals surface area contributed by atoms with E-state index in [-0.39, 0.29) is 21.7 Å². The number of sulfonamides is 1. The lowest BCUT2D eigenvalue weighted by molar-refractivity contribution is -0.145. The average molecular weight is 402 g/mol. The number of carbonyl (C=O) groups is 1. The topological polar surface area (TPSA) is 63.7 Å². The zero-order chi connectivity index (χ0) is 18.6. The number of halogens is 2. The molecule has 2 aromatic carbocycles. The van der Waals surface area contributed by atoms with Crippen LogP contribution in [0.4, 0.5) is 5.69 Å². The summed E-state index contributed by atoms with van der Waals surface area (Å²) in [5.74, 6) is -0.689. The normalized spacial score (nSPS) is 11.4. The number of esters is 1. The Hall–Kier alpha value is -1.76. The van der Waals surface area contributed by atoms with Crippen LogP contribution in [0.1, 0.15) is 13.8 Å². The molecule has 0 fully saturated rings. The van der Waals surface area contributed by atoms with Crippen molar-refractivity contribution >= 4 is 44.9 Å². The molecule has 0 aliphatic carbocycles. The van der Waals surface area contributed by atoms with Gasteiger partial charge >= 0.3 is 5.97 Å². The number of carbonyl (C=O) groups excluding carboxylic acids is 1. The van der Waals surface area contributed by atoms with Crippen molar-refractivity contribution in [2.24, 2.45) is 0 Å². The number of rotatable bonds is 6. The number of hydrogen-bond donors (Lipinski definition) is 0. The van der Waals surface area contributed by atoms with Crippen LogP contribution in [-0.4, -0.2) is 27.0 Å². The van der Waals surface area contributed by atoms with Crippen LogP contribution in [-0.2, 0) is 19.6 Å². The summed E-state index contributed by atoms with van der Waals surface area (Å²) in [4.78, 5) is 12.1. The highest BCUT2D eigenvalue weighted by Gasteiger charge is 2.29. The number of nitrogens with zero attached hydrogens (tertiary/aromatic N) is 1. The van der Waals surface area contributed by atoms with Crippen LogP contribution in [0.2, 0.25) is 10.0 Å². The number of ether oxygens (including phenoxy) is 1. The van der Waals surface area contributed by atoms with E-state index in [4.69, 9.17) is 27.9 Å². The van der Waals surface area contributed by atoms with E-state index in [1.165, 1.54) is 30.3 Å². The predicted molar refractivity (Wildman–Crippen MR) is 98.7 cm³/mol. The average Bonchev–Trinajstić information content (AvgIpc) is 2.55. The van der Waals surface area contributed by atoms with E-state index in [1.54, 1.807) is 32.0 Å². The van der Waals surface area contributed by atoms with E-state index in [0.717, 1.165) is 4.31 Å². The molecule has 0 radical (unpaired) electrons. The van der Waals surface area contributed by atoms with E-state index >= 15 is 0 Å². The summed E-state index contributed by atoms with van der Waals surface area (Å²) in [6, 6.07) is 12.2. The summed E-state index contributed by atoms with van der Waals surface area (Å²) < 4.78 is 32.1. The number of anilines is 1. The third kappa shape index (κ3) is 4.87. The Kier molecular flexibility index (Phi) is 6.32. The van der Waals surface area contributed by atoms with Crippen LogP contribution < -0.4 is 4.31 Å². The summed E-state index contributed by atoms with van der Waals surface area (Å²) >= 11 is 12.1. The lowest BCUT2D eigenvalue weighted by Crippen LogP contribution is -2.37. The van der Waals surface area contributed by atoms with E-state index in [2.05, 4.69) is 0 Å². The Balaban J connectivity index is 2.52. The maximum atomic E-state index is 13.0. The zero-order valence-corrected chi connectivity index (χ0v) is 16.0. The number of hydrogen-bond acceptors (Lipinski definition) is 4. The Bertz CT molecular complexity index is 854. The van der Waals surface area contributed by atoms with Gasteiger partial charge in [-0.2, -0.15) is 0 Å². The van der Waals surface area contributed by atoms with Crippen LogP contribution >= 0.6 is 23.2 Å². The van der Waals surface area contributed by atoms with Crippen molar-refractivity contribution in [3.63, 3.8) is 0 Å². The molecule has 2 rings (SSSR count). The van der Waals surface area contributed by atoms with E-state index in [1.807, 2.05) is 0 Å². The lowest BCUT2D eigenvalue weighted by Gasteiger charge is -2.25. The second kappa shape index (κ2) is 8.08. The number of benzene rings is 2. The van der Waals surface area contributed by atoms with Gasteiger partial charge in [0.05, 0.1) is 21.7 Å². The van der Waals surface area contributed by atoms with Crippen molar-refractivity contribution in [1.29, 1.82) is 0 Å². The first kappa shape index (κ1) is 19.6. The van der Waals surface area contributed by atoms with Gasteiger partial charge in [-0.15, -0.1) is 0 Å². The molecular formula is C17H17Cl2NO4S. The van der Waals surface area contributed by atoms with Crippen molar-refractivity contribution < 1.29 is 17.9 Å². The fourth-order valence-electron chi connectivity index (χ4n) is 2.11. The summed E-state index contributed by atoms with van der Waals surface area (Å²) in [5.41, 5.74) is 0.110.